The second-order valence-corrected chi connectivity index (χ2v) is 22.1. The Kier molecular flexibility index (Phi) is 50.0. The summed E-state index contributed by atoms with van der Waals surface area (Å²) in [6.07, 6.45) is 53.8. The molecule has 0 aliphatic rings. The van der Waals surface area contributed by atoms with Gasteiger partial charge in [-0.2, -0.15) is 0 Å². The van der Waals surface area contributed by atoms with Crippen LogP contribution >= 0.6 is 0 Å². The standard InChI is InChI=1S/C60H116O6/c1-54(2)46-40-34-28-22-16-10-7-8-12-19-25-31-37-43-49-58(61)64-52-57(53-65-59(62)50-44-38-32-26-20-15-14-18-24-30-36-42-48-56(5)6)66-60(63)51-45-39-33-27-21-13-9-11-17-23-29-35-41-47-55(3)4/h54-57H,7-53H2,1-6H3/t57-/m1/s1. The minimum absolute atomic E-state index is 0.0632. The largest absolute Gasteiger partial charge is 0.462 e. The molecular formula is C60H116O6. The third-order valence-corrected chi connectivity index (χ3v) is 13.6. The van der Waals surface area contributed by atoms with Crippen molar-refractivity contribution in [1.29, 1.82) is 0 Å². The molecule has 1 atom stereocenters. The molecular weight excluding hydrogens is 817 g/mol. The Bertz CT molecular complexity index is 1020. The summed E-state index contributed by atoms with van der Waals surface area (Å²) in [6, 6.07) is 0. The monoisotopic (exact) mass is 933 g/mol. The normalized spacial score (nSPS) is 12.1. The van der Waals surface area contributed by atoms with E-state index in [1.54, 1.807) is 0 Å². The smallest absolute Gasteiger partial charge is 0.306 e. The minimum atomic E-state index is -0.764. The van der Waals surface area contributed by atoms with E-state index in [2.05, 4.69) is 41.5 Å². The molecule has 0 saturated heterocycles. The third kappa shape index (κ3) is 53.4. The van der Waals surface area contributed by atoms with Crippen molar-refractivity contribution < 1.29 is 28.6 Å². The van der Waals surface area contributed by atoms with E-state index in [0.717, 1.165) is 75.5 Å². The maximum absolute atomic E-state index is 12.9. The van der Waals surface area contributed by atoms with Crippen LogP contribution in [0.1, 0.15) is 330 Å². The van der Waals surface area contributed by atoms with Gasteiger partial charge >= 0.3 is 17.9 Å². The molecule has 66 heavy (non-hydrogen) atoms. The lowest BCUT2D eigenvalue weighted by atomic mass is 10.0. The van der Waals surface area contributed by atoms with Crippen molar-refractivity contribution in [3.63, 3.8) is 0 Å². The summed E-state index contributed by atoms with van der Waals surface area (Å²) in [6.45, 7) is 13.8. The summed E-state index contributed by atoms with van der Waals surface area (Å²) in [5.41, 5.74) is 0. The molecule has 0 unspecified atom stereocenters. The van der Waals surface area contributed by atoms with Gasteiger partial charge in [-0.05, 0) is 37.0 Å². The average molecular weight is 934 g/mol. The molecule has 0 saturated carbocycles. The maximum Gasteiger partial charge on any atom is 0.306 e. The number of hydrogen-bond acceptors (Lipinski definition) is 6. The highest BCUT2D eigenvalue weighted by Crippen LogP contribution is 2.19. The molecule has 0 aliphatic heterocycles. The van der Waals surface area contributed by atoms with E-state index in [1.165, 1.54) is 212 Å². The van der Waals surface area contributed by atoms with E-state index in [0.29, 0.717) is 19.3 Å². The Balaban J connectivity index is 4.31. The number of unbranched alkanes of at least 4 members (excludes halogenated alkanes) is 36. The summed E-state index contributed by atoms with van der Waals surface area (Å²) in [7, 11) is 0. The number of hydrogen-bond donors (Lipinski definition) is 0. The van der Waals surface area contributed by atoms with E-state index < -0.39 is 6.10 Å². The van der Waals surface area contributed by atoms with Gasteiger partial charge in [-0.25, -0.2) is 0 Å². The van der Waals surface area contributed by atoms with Crippen molar-refractivity contribution >= 4 is 17.9 Å². The summed E-state index contributed by atoms with van der Waals surface area (Å²) in [5, 5.41) is 0. The number of carbonyl (C=O) groups excluding carboxylic acids is 3. The van der Waals surface area contributed by atoms with Crippen LogP contribution in [0.15, 0.2) is 0 Å². The van der Waals surface area contributed by atoms with E-state index in [4.69, 9.17) is 14.2 Å². The lowest BCUT2D eigenvalue weighted by Gasteiger charge is -2.18. The molecule has 0 spiro atoms. The van der Waals surface area contributed by atoms with Gasteiger partial charge in [0, 0.05) is 19.3 Å². The first-order valence-electron chi connectivity index (χ1n) is 29.6. The van der Waals surface area contributed by atoms with Crippen LogP contribution in [0.25, 0.3) is 0 Å². The number of carbonyl (C=O) groups is 3. The third-order valence-electron chi connectivity index (χ3n) is 13.6. The number of rotatable bonds is 53. The topological polar surface area (TPSA) is 78.9 Å². The van der Waals surface area contributed by atoms with Crippen molar-refractivity contribution in [3.8, 4) is 0 Å². The van der Waals surface area contributed by atoms with Gasteiger partial charge in [0.1, 0.15) is 13.2 Å². The van der Waals surface area contributed by atoms with Crippen molar-refractivity contribution in [2.45, 2.75) is 337 Å². The van der Waals surface area contributed by atoms with Crippen molar-refractivity contribution in [2.24, 2.45) is 17.8 Å². The first-order valence-corrected chi connectivity index (χ1v) is 29.6. The minimum Gasteiger partial charge on any atom is -0.462 e. The fourth-order valence-electron chi connectivity index (χ4n) is 9.18. The summed E-state index contributed by atoms with van der Waals surface area (Å²) >= 11 is 0. The van der Waals surface area contributed by atoms with Crippen LogP contribution in [0.4, 0.5) is 0 Å². The fraction of sp³-hybridized carbons (Fsp3) is 0.950. The Morgan fingerprint density at radius 1 is 0.258 bits per heavy atom. The lowest BCUT2D eigenvalue weighted by molar-refractivity contribution is -0.167. The highest BCUT2D eigenvalue weighted by atomic mass is 16.6. The highest BCUT2D eigenvalue weighted by molar-refractivity contribution is 5.71. The van der Waals surface area contributed by atoms with Gasteiger partial charge in [0.05, 0.1) is 0 Å². The molecule has 0 aliphatic carbocycles. The lowest BCUT2D eigenvalue weighted by Crippen LogP contribution is -2.30. The maximum atomic E-state index is 12.9. The van der Waals surface area contributed by atoms with E-state index >= 15 is 0 Å². The van der Waals surface area contributed by atoms with Gasteiger partial charge in [-0.15, -0.1) is 0 Å². The van der Waals surface area contributed by atoms with Crippen LogP contribution in [0.3, 0.4) is 0 Å². The number of esters is 3. The van der Waals surface area contributed by atoms with Crippen LogP contribution in [-0.4, -0.2) is 37.2 Å². The van der Waals surface area contributed by atoms with Crippen LogP contribution in [-0.2, 0) is 28.6 Å². The summed E-state index contributed by atoms with van der Waals surface area (Å²) in [5.74, 6) is 1.68. The molecule has 392 valence electrons. The van der Waals surface area contributed by atoms with Gasteiger partial charge in [0.15, 0.2) is 6.10 Å². The molecule has 0 amide bonds. The average Bonchev–Trinajstić information content (AvgIpc) is 3.28. The molecule has 0 heterocycles. The Hall–Kier alpha value is -1.59. The zero-order valence-corrected chi connectivity index (χ0v) is 45.5. The quantitative estimate of drug-likeness (QED) is 0.0343. The Labute approximate surface area is 412 Å². The van der Waals surface area contributed by atoms with Crippen LogP contribution in [0.2, 0.25) is 0 Å². The highest BCUT2D eigenvalue weighted by Gasteiger charge is 2.19. The molecule has 0 aromatic rings. The van der Waals surface area contributed by atoms with Crippen LogP contribution < -0.4 is 0 Å². The van der Waals surface area contributed by atoms with Crippen LogP contribution in [0.5, 0.6) is 0 Å². The predicted octanol–water partition coefficient (Wildman–Crippen LogP) is 19.5. The van der Waals surface area contributed by atoms with Crippen molar-refractivity contribution in [3.05, 3.63) is 0 Å². The second kappa shape index (κ2) is 51.3. The first-order chi connectivity index (χ1) is 32.1. The number of ether oxygens (including phenoxy) is 3. The Morgan fingerprint density at radius 3 is 0.652 bits per heavy atom. The molecule has 0 aromatic carbocycles. The SMILES string of the molecule is CC(C)CCCCCCCCCCCCCCCCC(=O)OC[C@H](COC(=O)CCCCCCCCCCCCCCC(C)C)OC(=O)CCCCCCCCCCCCCCCC(C)C. The second-order valence-electron chi connectivity index (χ2n) is 22.1. The molecule has 0 bridgehead atoms. The van der Waals surface area contributed by atoms with Crippen molar-refractivity contribution in [1.82, 2.24) is 0 Å². The van der Waals surface area contributed by atoms with E-state index in [9.17, 15) is 14.4 Å². The molecule has 6 heteroatoms. The first kappa shape index (κ1) is 64.4. The van der Waals surface area contributed by atoms with Crippen LogP contribution in [0, 0.1) is 17.8 Å². The van der Waals surface area contributed by atoms with Gasteiger partial charge < -0.3 is 14.2 Å². The van der Waals surface area contributed by atoms with Gasteiger partial charge in [-0.3, -0.25) is 14.4 Å². The molecule has 0 aromatic heterocycles. The molecule has 0 fully saturated rings. The van der Waals surface area contributed by atoms with Gasteiger partial charge in [0.25, 0.3) is 0 Å². The predicted molar refractivity (Wildman–Crippen MR) is 284 cm³/mol. The molecule has 6 nitrogen and oxygen atoms in total. The van der Waals surface area contributed by atoms with Crippen molar-refractivity contribution in [2.75, 3.05) is 13.2 Å². The summed E-state index contributed by atoms with van der Waals surface area (Å²) in [4.78, 5) is 38.2. The zero-order chi connectivity index (χ0) is 48.4. The molecule has 0 rings (SSSR count). The molecule has 0 radical (unpaired) electrons. The Morgan fingerprint density at radius 2 is 0.439 bits per heavy atom. The van der Waals surface area contributed by atoms with E-state index in [-0.39, 0.29) is 31.1 Å². The zero-order valence-electron chi connectivity index (χ0n) is 45.5. The van der Waals surface area contributed by atoms with E-state index in [1.807, 2.05) is 0 Å². The molecule has 0 N–H and O–H groups in total. The summed E-state index contributed by atoms with van der Waals surface area (Å²) < 4.78 is 16.9. The van der Waals surface area contributed by atoms with Gasteiger partial charge in [-0.1, -0.05) is 292 Å². The van der Waals surface area contributed by atoms with Gasteiger partial charge in [0.2, 0.25) is 0 Å². The fourth-order valence-corrected chi connectivity index (χ4v) is 9.18.